The number of methoxy groups -OCH3 is 1. The van der Waals surface area contributed by atoms with Crippen LogP contribution in [-0.4, -0.2) is 71.1 Å². The lowest BCUT2D eigenvalue weighted by Gasteiger charge is -2.22. The zero-order valence-electron chi connectivity index (χ0n) is 22.7. The SMILES string of the molecule is C=O.CC(C)N.CNc1ncc(-c2ccc(NC)c(N(C)C)c2)s1.COC1CC(C)=CN=C1C(F)(F)F. The molecule has 0 fully saturated rings. The van der Waals surface area contributed by atoms with E-state index in [9.17, 15) is 13.2 Å². The smallest absolute Gasteiger partial charge is 0.386 e. The monoisotopic (exact) mass is 544 g/mol. The lowest BCUT2D eigenvalue weighted by molar-refractivity contribution is -0.0980. The third-order valence-corrected chi connectivity index (χ3v) is 5.63. The van der Waals surface area contributed by atoms with Gasteiger partial charge in [0, 0.05) is 54.1 Å². The molecule has 37 heavy (non-hydrogen) atoms. The number of halogens is 3. The van der Waals surface area contributed by atoms with Gasteiger partial charge in [-0.15, -0.1) is 0 Å². The predicted octanol–water partition coefficient (Wildman–Crippen LogP) is 5.44. The Kier molecular flexibility index (Phi) is 15.4. The van der Waals surface area contributed by atoms with Crippen LogP contribution in [0.2, 0.25) is 0 Å². The van der Waals surface area contributed by atoms with E-state index in [1.165, 1.54) is 29.4 Å². The summed E-state index contributed by atoms with van der Waals surface area (Å²) in [6, 6.07) is 6.73. The molecular formula is C25H39F3N6O2S. The largest absolute Gasteiger partial charge is 0.432 e. The summed E-state index contributed by atoms with van der Waals surface area (Å²) in [5.41, 5.74) is 8.55. The number of nitrogens with two attached hydrogens (primary N) is 1. The Hall–Kier alpha value is -2.96. The Morgan fingerprint density at radius 3 is 2.24 bits per heavy atom. The number of hydrogen-bond donors (Lipinski definition) is 3. The number of thiazole rings is 1. The van der Waals surface area contributed by atoms with Gasteiger partial charge in [-0.25, -0.2) is 4.98 Å². The summed E-state index contributed by atoms with van der Waals surface area (Å²) in [6.07, 6.45) is -1.94. The number of ether oxygens (including phenoxy) is 1. The van der Waals surface area contributed by atoms with Gasteiger partial charge in [-0.3, -0.25) is 4.99 Å². The molecule has 4 N–H and O–H groups in total. The fourth-order valence-corrected chi connectivity index (χ4v) is 3.71. The highest BCUT2D eigenvalue weighted by molar-refractivity contribution is 7.18. The zero-order valence-corrected chi connectivity index (χ0v) is 23.5. The van der Waals surface area contributed by atoms with Crippen molar-refractivity contribution >= 4 is 40.3 Å². The van der Waals surface area contributed by atoms with E-state index >= 15 is 0 Å². The summed E-state index contributed by atoms with van der Waals surface area (Å²) in [7, 11) is 9.17. The van der Waals surface area contributed by atoms with Crippen LogP contribution in [0.3, 0.4) is 0 Å². The molecule has 0 spiro atoms. The third-order valence-electron chi connectivity index (χ3n) is 4.56. The number of alkyl halides is 3. The minimum atomic E-state index is -4.39. The van der Waals surface area contributed by atoms with Crippen molar-refractivity contribution in [1.82, 2.24) is 4.98 Å². The van der Waals surface area contributed by atoms with Crippen LogP contribution in [0.4, 0.5) is 29.7 Å². The Morgan fingerprint density at radius 1 is 1.22 bits per heavy atom. The molecular weight excluding hydrogens is 505 g/mol. The molecule has 1 atom stereocenters. The molecule has 0 amide bonds. The summed E-state index contributed by atoms with van der Waals surface area (Å²) in [4.78, 5) is 18.9. The second-order valence-electron chi connectivity index (χ2n) is 8.32. The first-order valence-electron chi connectivity index (χ1n) is 11.3. The number of nitrogens with zero attached hydrogens (tertiary/aromatic N) is 3. The van der Waals surface area contributed by atoms with Crippen molar-refractivity contribution in [3.63, 3.8) is 0 Å². The maximum absolute atomic E-state index is 12.3. The molecule has 2 heterocycles. The third kappa shape index (κ3) is 11.8. The fourth-order valence-electron chi connectivity index (χ4n) is 2.94. The molecule has 0 bridgehead atoms. The average Bonchev–Trinajstić information content (AvgIpc) is 3.33. The molecule has 0 aliphatic carbocycles. The first-order chi connectivity index (χ1) is 17.3. The Bertz CT molecular complexity index is 1000. The van der Waals surface area contributed by atoms with E-state index in [1.807, 2.05) is 55.0 Å². The van der Waals surface area contributed by atoms with E-state index in [-0.39, 0.29) is 6.42 Å². The topological polar surface area (TPSA) is 105 Å². The lowest BCUT2D eigenvalue weighted by Crippen LogP contribution is -2.37. The Balaban J connectivity index is 0.000000598. The molecule has 8 nitrogen and oxygen atoms in total. The van der Waals surface area contributed by atoms with E-state index in [2.05, 4.69) is 43.7 Å². The van der Waals surface area contributed by atoms with Crippen molar-refractivity contribution < 1.29 is 22.7 Å². The van der Waals surface area contributed by atoms with Crippen molar-refractivity contribution in [2.24, 2.45) is 10.7 Å². The maximum atomic E-state index is 12.3. The number of aromatic nitrogens is 1. The van der Waals surface area contributed by atoms with Gasteiger partial charge in [-0.1, -0.05) is 36.8 Å². The van der Waals surface area contributed by atoms with Crippen molar-refractivity contribution in [3.8, 4) is 10.4 Å². The van der Waals surface area contributed by atoms with Crippen molar-refractivity contribution in [1.29, 1.82) is 0 Å². The number of hydrogen-bond acceptors (Lipinski definition) is 9. The van der Waals surface area contributed by atoms with Crippen LogP contribution in [0, 0.1) is 0 Å². The van der Waals surface area contributed by atoms with Gasteiger partial charge in [-0.05, 0) is 30.7 Å². The van der Waals surface area contributed by atoms with Crippen LogP contribution in [-0.2, 0) is 9.53 Å². The molecule has 0 radical (unpaired) electrons. The van der Waals surface area contributed by atoms with E-state index in [1.54, 1.807) is 18.3 Å². The van der Waals surface area contributed by atoms with Gasteiger partial charge in [0.1, 0.15) is 12.9 Å². The second-order valence-corrected chi connectivity index (χ2v) is 9.35. The molecule has 1 aliphatic heterocycles. The number of anilines is 3. The van der Waals surface area contributed by atoms with Crippen LogP contribution < -0.4 is 21.3 Å². The minimum absolute atomic E-state index is 0.259. The molecule has 0 saturated heterocycles. The maximum Gasteiger partial charge on any atom is 0.432 e. The standard InChI is InChI=1S/C13H18N4S.C8H10F3NO.C3H9N.CH2O/c1-14-10-6-5-9(7-11(10)17(3)4)12-8-16-13(15-2)18-12;1-5-3-6(13-2)7(12-4-5)8(9,10)11;1-3(2)4;1-2/h5-8,14H,1-4H3,(H,15,16);4,6H,3H2,1-2H3;3H,4H2,1-2H3;1H2. The van der Waals surface area contributed by atoms with Crippen LogP contribution in [0.1, 0.15) is 27.2 Å². The average molecular weight is 545 g/mol. The first kappa shape index (κ1) is 34.0. The van der Waals surface area contributed by atoms with Crippen LogP contribution in [0.5, 0.6) is 0 Å². The van der Waals surface area contributed by atoms with Gasteiger partial charge < -0.3 is 30.8 Å². The van der Waals surface area contributed by atoms with Crippen molar-refractivity contribution in [2.45, 2.75) is 45.5 Å². The number of carbonyl (C=O) groups excluding carboxylic acids is 1. The molecule has 1 aromatic carbocycles. The normalized spacial score (nSPS) is 14.5. The quantitative estimate of drug-likeness (QED) is 0.460. The van der Waals surface area contributed by atoms with E-state index in [4.69, 9.17) is 15.3 Å². The summed E-state index contributed by atoms with van der Waals surface area (Å²) in [5.74, 6) is 0. The van der Waals surface area contributed by atoms with Gasteiger partial charge in [0.2, 0.25) is 0 Å². The molecule has 208 valence electrons. The van der Waals surface area contributed by atoms with Gasteiger partial charge in [-0.2, -0.15) is 13.2 Å². The fraction of sp³-hybridized carbons (Fsp3) is 0.480. The molecule has 2 aromatic rings. The number of nitrogens with one attached hydrogen (secondary N) is 2. The van der Waals surface area contributed by atoms with E-state index < -0.39 is 18.0 Å². The minimum Gasteiger partial charge on any atom is -0.386 e. The zero-order chi connectivity index (χ0) is 28.8. The Morgan fingerprint density at radius 2 is 1.81 bits per heavy atom. The highest BCUT2D eigenvalue weighted by Crippen LogP contribution is 2.34. The van der Waals surface area contributed by atoms with Gasteiger partial charge in [0.15, 0.2) is 10.8 Å². The summed E-state index contributed by atoms with van der Waals surface area (Å²) in [6.45, 7) is 7.61. The summed E-state index contributed by atoms with van der Waals surface area (Å²) >= 11 is 1.66. The van der Waals surface area contributed by atoms with Crippen LogP contribution in [0.25, 0.3) is 10.4 Å². The Labute approximate surface area is 221 Å². The molecule has 1 unspecified atom stereocenters. The highest BCUT2D eigenvalue weighted by atomic mass is 32.1. The molecule has 0 saturated carbocycles. The molecule has 12 heteroatoms. The number of aliphatic imine (C=N–C) groups is 1. The van der Waals surface area contributed by atoms with Gasteiger partial charge in [0.05, 0.1) is 16.3 Å². The van der Waals surface area contributed by atoms with Crippen molar-refractivity contribution in [2.75, 3.05) is 50.8 Å². The van der Waals surface area contributed by atoms with Crippen molar-refractivity contribution in [3.05, 3.63) is 36.2 Å². The number of carbonyl (C=O) groups is 1. The van der Waals surface area contributed by atoms with Gasteiger partial charge in [0.25, 0.3) is 0 Å². The van der Waals surface area contributed by atoms with E-state index in [0.717, 1.165) is 16.4 Å². The molecule has 1 aliphatic rings. The summed E-state index contributed by atoms with van der Waals surface area (Å²) < 4.78 is 41.5. The number of rotatable bonds is 5. The highest BCUT2D eigenvalue weighted by Gasteiger charge is 2.41. The van der Waals surface area contributed by atoms with Gasteiger partial charge >= 0.3 is 6.18 Å². The lowest BCUT2D eigenvalue weighted by atomic mass is 10.0. The molecule has 1 aromatic heterocycles. The first-order valence-corrected chi connectivity index (χ1v) is 12.2. The second kappa shape index (κ2) is 16.7. The predicted molar refractivity (Wildman–Crippen MR) is 150 cm³/mol. The number of benzene rings is 1. The molecule has 3 rings (SSSR count). The summed E-state index contributed by atoms with van der Waals surface area (Å²) in [5, 5.41) is 7.21. The van der Waals surface area contributed by atoms with Crippen LogP contribution >= 0.6 is 11.3 Å². The van der Waals surface area contributed by atoms with E-state index in [0.29, 0.717) is 6.04 Å². The van der Waals surface area contributed by atoms with Crippen LogP contribution in [0.15, 0.2) is 41.2 Å².